The van der Waals surface area contributed by atoms with E-state index in [0.29, 0.717) is 5.92 Å². The van der Waals surface area contributed by atoms with Crippen molar-refractivity contribution in [2.75, 3.05) is 13.1 Å². The van der Waals surface area contributed by atoms with Crippen molar-refractivity contribution in [3.63, 3.8) is 0 Å². The van der Waals surface area contributed by atoms with Gasteiger partial charge in [0.15, 0.2) is 0 Å². The van der Waals surface area contributed by atoms with Gasteiger partial charge in [0.1, 0.15) is 0 Å². The van der Waals surface area contributed by atoms with Gasteiger partial charge in [0.05, 0.1) is 0 Å². The molecule has 1 aromatic carbocycles. The zero-order chi connectivity index (χ0) is 11.8. The van der Waals surface area contributed by atoms with E-state index >= 15 is 0 Å². The van der Waals surface area contributed by atoms with E-state index in [1.165, 1.54) is 35.0 Å². The van der Waals surface area contributed by atoms with Crippen molar-refractivity contribution in [2.45, 2.75) is 25.7 Å². The van der Waals surface area contributed by atoms with Crippen molar-refractivity contribution in [2.24, 2.45) is 0 Å². The maximum atomic E-state index is 3.61. The number of piperidine rings is 1. The first-order chi connectivity index (χ1) is 8.25. The third-order valence-corrected chi connectivity index (χ3v) is 4.30. The number of fused-ring (bicyclic) bond motifs is 1. The second-order valence-corrected chi connectivity index (χ2v) is 5.79. The maximum absolute atomic E-state index is 3.61. The number of hydrogen-bond donors (Lipinski definition) is 2. The molecule has 0 amide bonds. The van der Waals surface area contributed by atoms with Crippen molar-refractivity contribution < 1.29 is 0 Å². The number of halogens is 1. The van der Waals surface area contributed by atoms with Crippen molar-refractivity contribution in [1.82, 2.24) is 10.3 Å². The van der Waals surface area contributed by atoms with Crippen LogP contribution in [0.3, 0.4) is 0 Å². The zero-order valence-electron chi connectivity index (χ0n) is 10.0. The van der Waals surface area contributed by atoms with Crippen LogP contribution in [0.4, 0.5) is 0 Å². The van der Waals surface area contributed by atoms with Crippen molar-refractivity contribution in [3.8, 4) is 0 Å². The summed E-state index contributed by atoms with van der Waals surface area (Å²) in [6, 6.07) is 6.48. The lowest BCUT2D eigenvalue weighted by atomic mass is 9.92. The normalized spacial score (nSPS) is 17.8. The van der Waals surface area contributed by atoms with Crippen LogP contribution in [0.25, 0.3) is 10.9 Å². The Balaban J connectivity index is 2.07. The molecule has 0 aliphatic carbocycles. The van der Waals surface area contributed by atoms with Crippen LogP contribution < -0.4 is 5.32 Å². The number of hydrogen-bond acceptors (Lipinski definition) is 1. The van der Waals surface area contributed by atoms with Gasteiger partial charge in [0, 0.05) is 27.0 Å². The Hall–Kier alpha value is -0.800. The van der Waals surface area contributed by atoms with E-state index in [9.17, 15) is 0 Å². The second-order valence-electron chi connectivity index (χ2n) is 4.88. The molecule has 0 bridgehead atoms. The molecule has 17 heavy (non-hydrogen) atoms. The number of aromatic amines is 1. The molecule has 1 aliphatic rings. The fourth-order valence-electron chi connectivity index (χ4n) is 2.84. The maximum Gasteiger partial charge on any atom is 0.0459 e. The summed E-state index contributed by atoms with van der Waals surface area (Å²) in [5.41, 5.74) is 4.13. The predicted molar refractivity (Wildman–Crippen MR) is 75.6 cm³/mol. The summed E-state index contributed by atoms with van der Waals surface area (Å²) < 4.78 is 1.16. The first-order valence-electron chi connectivity index (χ1n) is 6.24. The van der Waals surface area contributed by atoms with Gasteiger partial charge in [-0.2, -0.15) is 0 Å². The van der Waals surface area contributed by atoms with Crippen molar-refractivity contribution in [3.05, 3.63) is 33.9 Å². The van der Waals surface area contributed by atoms with Gasteiger partial charge in [-0.05, 0) is 56.6 Å². The molecule has 1 saturated heterocycles. The van der Waals surface area contributed by atoms with E-state index in [1.807, 2.05) is 0 Å². The molecule has 0 spiro atoms. The zero-order valence-corrected chi connectivity index (χ0v) is 11.6. The van der Waals surface area contributed by atoms with Crippen LogP contribution in [0.5, 0.6) is 0 Å². The molecule has 2 heterocycles. The monoisotopic (exact) mass is 292 g/mol. The topological polar surface area (TPSA) is 27.8 Å². The molecule has 1 aromatic heterocycles. The minimum absolute atomic E-state index is 0.697. The van der Waals surface area contributed by atoms with Crippen LogP contribution in [-0.2, 0) is 0 Å². The summed E-state index contributed by atoms with van der Waals surface area (Å²) in [5.74, 6) is 0.697. The van der Waals surface area contributed by atoms with E-state index in [1.54, 1.807) is 0 Å². The lowest BCUT2D eigenvalue weighted by Gasteiger charge is -2.22. The molecular weight excluding hydrogens is 276 g/mol. The molecule has 1 aliphatic heterocycles. The smallest absolute Gasteiger partial charge is 0.0459 e. The van der Waals surface area contributed by atoms with Crippen molar-refractivity contribution >= 4 is 26.8 Å². The van der Waals surface area contributed by atoms with Crippen molar-refractivity contribution in [1.29, 1.82) is 0 Å². The van der Waals surface area contributed by atoms with E-state index in [0.717, 1.165) is 17.6 Å². The highest BCUT2D eigenvalue weighted by Crippen LogP contribution is 2.32. The van der Waals surface area contributed by atoms with Gasteiger partial charge in [-0.15, -0.1) is 0 Å². The van der Waals surface area contributed by atoms with E-state index in [-0.39, 0.29) is 0 Å². The quantitative estimate of drug-likeness (QED) is 0.824. The molecule has 3 heteroatoms. The first-order valence-corrected chi connectivity index (χ1v) is 7.03. The summed E-state index contributed by atoms with van der Waals surface area (Å²) in [6.45, 7) is 4.52. The minimum Gasteiger partial charge on any atom is -0.358 e. The van der Waals surface area contributed by atoms with Crippen LogP contribution in [0, 0.1) is 6.92 Å². The summed E-state index contributed by atoms with van der Waals surface area (Å²) >= 11 is 3.55. The van der Waals surface area contributed by atoms with Crippen LogP contribution in [0.2, 0.25) is 0 Å². The Morgan fingerprint density at radius 3 is 2.76 bits per heavy atom. The third kappa shape index (κ3) is 2.02. The van der Waals surface area contributed by atoms with E-state index in [2.05, 4.69) is 51.4 Å². The predicted octanol–water partition coefficient (Wildman–Crippen LogP) is 3.71. The first kappa shape index (κ1) is 11.3. The number of benzene rings is 1. The molecular formula is C14H17BrN2. The minimum atomic E-state index is 0.697. The van der Waals surface area contributed by atoms with Crippen LogP contribution in [0.1, 0.15) is 30.0 Å². The molecule has 1 fully saturated rings. The largest absolute Gasteiger partial charge is 0.358 e. The Bertz CT molecular complexity index is 538. The summed E-state index contributed by atoms with van der Waals surface area (Å²) in [7, 11) is 0. The highest BCUT2D eigenvalue weighted by atomic mass is 79.9. The van der Waals surface area contributed by atoms with Crippen LogP contribution >= 0.6 is 15.9 Å². The van der Waals surface area contributed by atoms with E-state index in [4.69, 9.17) is 0 Å². The van der Waals surface area contributed by atoms with Crippen LogP contribution in [-0.4, -0.2) is 18.1 Å². The molecule has 0 unspecified atom stereocenters. The highest BCUT2D eigenvalue weighted by molar-refractivity contribution is 9.10. The Morgan fingerprint density at radius 1 is 1.24 bits per heavy atom. The van der Waals surface area contributed by atoms with Gasteiger partial charge >= 0.3 is 0 Å². The fourth-order valence-corrected chi connectivity index (χ4v) is 3.20. The van der Waals surface area contributed by atoms with Crippen LogP contribution in [0.15, 0.2) is 22.7 Å². The highest BCUT2D eigenvalue weighted by Gasteiger charge is 2.19. The molecule has 0 radical (unpaired) electrons. The van der Waals surface area contributed by atoms with Gasteiger partial charge in [-0.3, -0.25) is 0 Å². The van der Waals surface area contributed by atoms with Gasteiger partial charge in [0.2, 0.25) is 0 Å². The molecule has 90 valence electrons. The summed E-state index contributed by atoms with van der Waals surface area (Å²) in [4.78, 5) is 3.61. The number of nitrogens with one attached hydrogen (secondary N) is 2. The average molecular weight is 293 g/mol. The summed E-state index contributed by atoms with van der Waals surface area (Å²) in [6.07, 6.45) is 2.49. The SMILES string of the molecule is Cc1c(C2CCNCC2)[nH]c2ccc(Br)cc12. The number of rotatable bonds is 1. The summed E-state index contributed by atoms with van der Waals surface area (Å²) in [5, 5.41) is 4.78. The van der Waals surface area contributed by atoms with Gasteiger partial charge < -0.3 is 10.3 Å². The molecule has 2 nitrogen and oxygen atoms in total. The standard InChI is InChI=1S/C14H17BrN2/c1-9-12-8-11(15)2-3-13(12)17-14(9)10-4-6-16-7-5-10/h2-3,8,10,16-17H,4-7H2,1H3. The molecule has 2 aromatic rings. The third-order valence-electron chi connectivity index (χ3n) is 3.81. The van der Waals surface area contributed by atoms with E-state index < -0.39 is 0 Å². The lowest BCUT2D eigenvalue weighted by Crippen LogP contribution is -2.27. The van der Waals surface area contributed by atoms with Gasteiger partial charge in [-0.25, -0.2) is 0 Å². The Labute approximate surface area is 110 Å². The number of H-pyrrole nitrogens is 1. The molecule has 0 saturated carbocycles. The molecule has 0 atom stereocenters. The average Bonchev–Trinajstić information content (AvgIpc) is 2.68. The second kappa shape index (κ2) is 4.46. The number of aryl methyl sites for hydroxylation is 1. The molecule has 2 N–H and O–H groups in total. The van der Waals surface area contributed by atoms with Gasteiger partial charge in [0.25, 0.3) is 0 Å². The Kier molecular flexibility index (Phi) is 2.97. The Morgan fingerprint density at radius 2 is 2.00 bits per heavy atom. The van der Waals surface area contributed by atoms with Gasteiger partial charge in [-0.1, -0.05) is 15.9 Å². The molecule has 3 rings (SSSR count). The lowest BCUT2D eigenvalue weighted by molar-refractivity contribution is 0.454. The fraction of sp³-hybridized carbons (Fsp3) is 0.429. The number of aromatic nitrogens is 1.